The number of hydrogen-bond acceptors (Lipinski definition) is 17. The number of anilines is 1. The van der Waals surface area contributed by atoms with Gasteiger partial charge in [0.1, 0.15) is 23.2 Å². The lowest BCUT2D eigenvalue weighted by atomic mass is 9.76. The Balaban J connectivity index is 0.997. The maximum atomic E-state index is 15.3. The van der Waals surface area contributed by atoms with Crippen LogP contribution in [0.4, 0.5) is 5.69 Å². The van der Waals surface area contributed by atoms with Gasteiger partial charge in [0.2, 0.25) is 0 Å². The molecule has 19 nitrogen and oxygen atoms in total. The molecule has 4 aromatic rings. The van der Waals surface area contributed by atoms with Crippen LogP contribution in [0.25, 0.3) is 33.4 Å². The number of likely N-dealkylation sites (tertiary alicyclic amines) is 1. The number of thiazole rings is 1. The van der Waals surface area contributed by atoms with Gasteiger partial charge in [-0.15, -0.1) is 11.3 Å². The molecule has 10 heterocycles. The number of carbonyl (C=O) groups excluding carboxylic acids is 3. The standard InChI is InChI=1S/C57H78N10O9S/c1-36(71-5)48-42(26-39(28-58-48)64-17-15-63(16-18-64)38-9-10-38)50-43-27-56(2,3)33-76-55(70)44-7-6-14-67(61-44)54(69)49(60-52(68)47-29-62(4)19-23-75-47)51(65-31-57(32-65)34-73-35-57)53-59-45(30-77-53)37-8-11-46(41(43)25-37)66(50)20-24-74-40-12-21-72-22-13-40/h8,11,25-26,28,30,36,38,40,44,47,49,51,61H,6-7,9-10,12-24,27,29,31-35H2,1-5H3,(H,60,68)/t36-,44-,47+,49-,51-/m0/s1. The Morgan fingerprint density at radius 1 is 0.961 bits per heavy atom. The fraction of sp³-hybridized carbons (Fsp3) is 0.667. The number of nitrogens with zero attached hydrogens (tertiary/aromatic N) is 8. The van der Waals surface area contributed by atoms with Gasteiger partial charge in [0, 0.05) is 130 Å². The van der Waals surface area contributed by atoms with Crippen LogP contribution in [0.15, 0.2) is 35.8 Å². The number of likely N-dealkylation sites (N-methyl/N-ethyl adjacent to an activating group) is 1. The molecule has 1 aromatic carbocycles. The Hall–Kier alpha value is -4.61. The number of carbonyl (C=O) groups is 3. The lowest BCUT2D eigenvalue weighted by Crippen LogP contribution is -2.70. The minimum Gasteiger partial charge on any atom is -0.464 e. The normalized spacial score (nSPS) is 27.2. The molecule has 7 fully saturated rings. The molecule has 1 saturated carbocycles. The van der Waals surface area contributed by atoms with Gasteiger partial charge < -0.3 is 48.1 Å². The maximum Gasteiger partial charge on any atom is 0.324 e. The molecule has 20 heteroatoms. The molecule has 1 spiro atoms. The first-order valence-corrected chi connectivity index (χ1v) is 29.2. The van der Waals surface area contributed by atoms with Crippen molar-refractivity contribution in [3.8, 4) is 22.5 Å². The van der Waals surface area contributed by atoms with E-state index in [1.165, 1.54) is 29.2 Å². The third kappa shape index (κ3) is 11.0. The van der Waals surface area contributed by atoms with Gasteiger partial charge >= 0.3 is 5.97 Å². The molecule has 2 amide bonds. The molecule has 12 rings (SSSR count). The Kier molecular flexibility index (Phi) is 15.3. The van der Waals surface area contributed by atoms with Gasteiger partial charge in [-0.2, -0.15) is 0 Å². The molecule has 2 N–H and O–H groups in total. The third-order valence-corrected chi connectivity index (χ3v) is 18.4. The number of ether oxygens (including phenoxy) is 6. The second-order valence-electron chi connectivity index (χ2n) is 23.9. The molecular weight excluding hydrogens is 1000 g/mol. The van der Waals surface area contributed by atoms with E-state index in [1.54, 1.807) is 7.11 Å². The molecule has 3 aromatic heterocycles. The summed E-state index contributed by atoms with van der Waals surface area (Å²) in [5.74, 6) is -1.11. The average molecular weight is 1080 g/mol. The van der Waals surface area contributed by atoms with E-state index in [9.17, 15) is 9.59 Å². The summed E-state index contributed by atoms with van der Waals surface area (Å²) in [5, 5.41) is 8.61. The fourth-order valence-corrected chi connectivity index (χ4v) is 13.8. The molecule has 77 heavy (non-hydrogen) atoms. The van der Waals surface area contributed by atoms with Gasteiger partial charge in [-0.25, -0.2) is 10.4 Å². The second kappa shape index (κ2) is 22.1. The predicted octanol–water partition coefficient (Wildman–Crippen LogP) is 4.82. The van der Waals surface area contributed by atoms with Crippen molar-refractivity contribution in [3.63, 3.8) is 0 Å². The van der Waals surface area contributed by atoms with Gasteiger partial charge in [-0.3, -0.25) is 34.2 Å². The number of morpholine rings is 1. The first-order chi connectivity index (χ1) is 37.3. The zero-order chi connectivity index (χ0) is 53.0. The highest BCUT2D eigenvalue weighted by molar-refractivity contribution is 7.10. The molecule has 8 aliphatic rings. The van der Waals surface area contributed by atoms with E-state index >= 15 is 4.79 Å². The topological polar surface area (TPSA) is 178 Å². The quantitative estimate of drug-likeness (QED) is 0.185. The molecule has 0 radical (unpaired) electrons. The number of rotatable bonds is 12. The van der Waals surface area contributed by atoms with Crippen molar-refractivity contribution in [2.45, 2.75) is 115 Å². The fourth-order valence-electron chi connectivity index (χ4n) is 12.8. The summed E-state index contributed by atoms with van der Waals surface area (Å²) in [6.45, 7) is 17.5. The number of pyridine rings is 1. The van der Waals surface area contributed by atoms with Crippen LogP contribution in [0.3, 0.4) is 0 Å². The predicted molar refractivity (Wildman–Crippen MR) is 291 cm³/mol. The molecule has 1 aliphatic carbocycles. The van der Waals surface area contributed by atoms with Crippen LogP contribution in [0.5, 0.6) is 0 Å². The number of cyclic esters (lactones) is 1. The molecule has 6 bridgehead atoms. The number of amides is 2. The summed E-state index contributed by atoms with van der Waals surface area (Å²) in [5.41, 5.74) is 10.6. The number of fused-ring (bicyclic) bond motifs is 6. The van der Waals surface area contributed by atoms with Crippen molar-refractivity contribution in [1.82, 2.24) is 45.0 Å². The number of aromatic nitrogens is 3. The van der Waals surface area contributed by atoms with Crippen molar-refractivity contribution < 1.29 is 42.8 Å². The van der Waals surface area contributed by atoms with Crippen LogP contribution in [0.2, 0.25) is 0 Å². The van der Waals surface area contributed by atoms with Crippen LogP contribution < -0.4 is 15.6 Å². The molecule has 416 valence electrons. The number of benzene rings is 1. The Bertz CT molecular complexity index is 2790. The Labute approximate surface area is 456 Å². The van der Waals surface area contributed by atoms with Crippen molar-refractivity contribution in [2.75, 3.05) is 124 Å². The third-order valence-electron chi connectivity index (χ3n) is 17.4. The zero-order valence-electron chi connectivity index (χ0n) is 45.6. The van der Waals surface area contributed by atoms with Crippen LogP contribution in [-0.4, -0.2) is 202 Å². The number of esters is 1. The number of hydrazine groups is 1. The number of methoxy groups -OCH3 is 1. The van der Waals surface area contributed by atoms with Crippen molar-refractivity contribution in [2.24, 2.45) is 10.8 Å². The van der Waals surface area contributed by atoms with Gasteiger partial charge in [0.25, 0.3) is 11.8 Å². The van der Waals surface area contributed by atoms with E-state index < -0.39 is 35.6 Å². The van der Waals surface area contributed by atoms with E-state index in [-0.39, 0.29) is 36.0 Å². The van der Waals surface area contributed by atoms with Gasteiger partial charge in [-0.1, -0.05) is 19.9 Å². The summed E-state index contributed by atoms with van der Waals surface area (Å²) in [4.78, 5) is 64.3. The summed E-state index contributed by atoms with van der Waals surface area (Å²) >= 11 is 1.50. The smallest absolute Gasteiger partial charge is 0.324 e. The van der Waals surface area contributed by atoms with Crippen LogP contribution in [0.1, 0.15) is 87.7 Å². The Morgan fingerprint density at radius 3 is 2.51 bits per heavy atom. The van der Waals surface area contributed by atoms with Gasteiger partial charge in [-0.05, 0) is 82.7 Å². The van der Waals surface area contributed by atoms with E-state index in [0.717, 1.165) is 95.4 Å². The SMILES string of the molecule is CO[C@@H](C)c1ncc(N2CCN(C3CC3)CC2)cc1-c1c2c3cc(ccc3n1CCOC1CCOCC1)-c1csc(n1)[C@@H](N1CC3(COC3)C1)[C@H](NC(=O)[C@H]1CN(C)CCO1)C(=O)N1CCC[C@H](N1)C(=O)OCC(C)(C)C2. The summed E-state index contributed by atoms with van der Waals surface area (Å²) < 4.78 is 39.0. The maximum absolute atomic E-state index is 15.3. The van der Waals surface area contributed by atoms with Gasteiger partial charge in [0.15, 0.2) is 0 Å². The van der Waals surface area contributed by atoms with Crippen molar-refractivity contribution >= 4 is 45.7 Å². The first-order valence-electron chi connectivity index (χ1n) is 28.3. The second-order valence-corrected chi connectivity index (χ2v) is 24.8. The van der Waals surface area contributed by atoms with Crippen LogP contribution in [-0.2, 0) is 55.8 Å². The minimum absolute atomic E-state index is 0.00591. The molecule has 5 atom stereocenters. The van der Waals surface area contributed by atoms with Crippen molar-refractivity contribution in [3.05, 3.63) is 52.1 Å². The average Bonchev–Trinajstić information content (AvgIpc) is 4.32. The lowest BCUT2D eigenvalue weighted by Gasteiger charge is -2.58. The van der Waals surface area contributed by atoms with Crippen LogP contribution in [0, 0.1) is 10.8 Å². The number of piperazine rings is 1. The van der Waals surface area contributed by atoms with Crippen LogP contribution >= 0.6 is 11.3 Å². The summed E-state index contributed by atoms with van der Waals surface area (Å²) in [6.07, 6.45) is 7.02. The lowest BCUT2D eigenvalue weighted by molar-refractivity contribution is -0.203. The van der Waals surface area contributed by atoms with E-state index in [0.29, 0.717) is 103 Å². The molecule has 7 aliphatic heterocycles. The first kappa shape index (κ1) is 53.1. The highest BCUT2D eigenvalue weighted by Crippen LogP contribution is 2.47. The molecule has 6 saturated heterocycles. The van der Waals surface area contributed by atoms with Crippen molar-refractivity contribution in [1.29, 1.82) is 0 Å². The van der Waals surface area contributed by atoms with E-state index in [4.69, 9.17) is 38.4 Å². The van der Waals surface area contributed by atoms with E-state index in [2.05, 4.69) is 85.3 Å². The minimum atomic E-state index is -1.06. The summed E-state index contributed by atoms with van der Waals surface area (Å²) in [7, 11) is 3.71. The highest BCUT2D eigenvalue weighted by Gasteiger charge is 2.55. The van der Waals surface area contributed by atoms with E-state index in [1.807, 2.05) is 13.2 Å². The summed E-state index contributed by atoms with van der Waals surface area (Å²) in [6, 6.07) is 7.25. The Morgan fingerprint density at radius 2 is 1.77 bits per heavy atom. The largest absolute Gasteiger partial charge is 0.464 e. The number of nitrogens with one attached hydrogen (secondary N) is 2. The number of hydrogen-bond donors (Lipinski definition) is 2. The highest BCUT2D eigenvalue weighted by atomic mass is 32.1. The van der Waals surface area contributed by atoms with Gasteiger partial charge in [0.05, 0.1) is 80.3 Å². The molecular formula is C57H78N10O9S. The monoisotopic (exact) mass is 1080 g/mol. The molecule has 0 unspecified atom stereocenters. The zero-order valence-corrected chi connectivity index (χ0v) is 46.5.